The fourth-order valence-corrected chi connectivity index (χ4v) is 1.73. The molecular formula is C10H23O4RbS. The van der Waals surface area contributed by atoms with E-state index in [1.165, 1.54) is 32.1 Å². The fourth-order valence-electron chi connectivity index (χ4n) is 1.40. The van der Waals surface area contributed by atoms with Crippen molar-refractivity contribution >= 4 is 68.6 Å². The zero-order valence-corrected chi connectivity index (χ0v) is 10.3. The molecular weight excluding hydrogens is 302 g/mol. The maximum absolute atomic E-state index is 10.2. The van der Waals surface area contributed by atoms with E-state index >= 15 is 0 Å². The molecule has 0 heterocycles. The molecule has 0 bridgehead atoms. The zero-order valence-electron chi connectivity index (χ0n) is 9.44. The molecule has 0 atom stereocenters. The van der Waals surface area contributed by atoms with E-state index in [-0.39, 0.29) is 64.8 Å². The number of unbranched alkanes of at least 4 members (excludes halogenated alkanes) is 7. The third-order valence-electron chi connectivity index (χ3n) is 2.23. The Bertz CT molecular complexity index is 229. The normalized spacial score (nSPS) is 11.1. The van der Waals surface area contributed by atoms with E-state index < -0.39 is 10.4 Å². The van der Waals surface area contributed by atoms with Crippen LogP contribution in [-0.4, -0.2) is 77.8 Å². The van der Waals surface area contributed by atoms with Crippen LogP contribution >= 0.6 is 0 Å². The molecule has 0 saturated carbocycles. The van der Waals surface area contributed by atoms with Crippen LogP contribution in [0.5, 0.6) is 0 Å². The van der Waals surface area contributed by atoms with E-state index in [0.717, 1.165) is 12.8 Å². The van der Waals surface area contributed by atoms with Gasteiger partial charge < -0.3 is 0 Å². The van der Waals surface area contributed by atoms with Gasteiger partial charge in [-0.25, -0.2) is 4.18 Å². The van der Waals surface area contributed by atoms with Gasteiger partial charge in [0.25, 0.3) is 0 Å². The van der Waals surface area contributed by atoms with Crippen LogP contribution in [0.25, 0.3) is 0 Å². The van der Waals surface area contributed by atoms with E-state index in [1.807, 2.05) is 0 Å². The van der Waals surface area contributed by atoms with Crippen molar-refractivity contribution in [2.45, 2.75) is 58.3 Å². The summed E-state index contributed by atoms with van der Waals surface area (Å²) in [7, 11) is -4.23. The first-order valence-electron chi connectivity index (χ1n) is 5.68. The molecule has 0 unspecified atom stereocenters. The van der Waals surface area contributed by atoms with Crippen LogP contribution in [0.3, 0.4) is 0 Å². The van der Waals surface area contributed by atoms with Crippen LogP contribution in [0, 0.1) is 0 Å². The van der Waals surface area contributed by atoms with Crippen molar-refractivity contribution in [1.29, 1.82) is 0 Å². The molecule has 6 heteroatoms. The van der Waals surface area contributed by atoms with Crippen LogP contribution in [0.4, 0.5) is 0 Å². The van der Waals surface area contributed by atoms with Gasteiger partial charge in [-0.15, -0.1) is 0 Å². The SMILES string of the molecule is CCCCCCCCCCOS(=O)(=O)O.[RbH]. The number of rotatable bonds is 10. The second-order valence-electron chi connectivity index (χ2n) is 3.72. The monoisotopic (exact) mass is 324 g/mol. The van der Waals surface area contributed by atoms with Gasteiger partial charge in [0, 0.05) is 0 Å². The third kappa shape index (κ3) is 18.1. The average molecular weight is 325 g/mol. The van der Waals surface area contributed by atoms with E-state index in [2.05, 4.69) is 11.1 Å². The van der Waals surface area contributed by atoms with Crippen LogP contribution in [0.2, 0.25) is 0 Å². The molecule has 0 aromatic heterocycles. The third-order valence-corrected chi connectivity index (χ3v) is 2.69. The molecule has 0 radical (unpaired) electrons. The molecule has 0 aromatic rings. The molecule has 0 fully saturated rings. The predicted molar refractivity (Wildman–Crippen MR) is 67.3 cm³/mol. The topological polar surface area (TPSA) is 63.6 Å². The minimum absolute atomic E-state index is 0. The first-order valence-corrected chi connectivity index (χ1v) is 7.04. The number of hydrogen-bond donors (Lipinski definition) is 1. The summed E-state index contributed by atoms with van der Waals surface area (Å²) in [5.41, 5.74) is 0. The van der Waals surface area contributed by atoms with Gasteiger partial charge in [-0.05, 0) is 6.42 Å². The van der Waals surface area contributed by atoms with Gasteiger partial charge in [0.05, 0.1) is 6.61 Å². The predicted octanol–water partition coefficient (Wildman–Crippen LogP) is 2.30. The molecule has 0 aromatic carbocycles. The first kappa shape index (κ1) is 20.0. The van der Waals surface area contributed by atoms with Crippen LogP contribution in [0.15, 0.2) is 0 Å². The Morgan fingerprint density at radius 2 is 1.38 bits per heavy atom. The van der Waals surface area contributed by atoms with E-state index in [0.29, 0.717) is 6.42 Å². The fraction of sp³-hybridized carbons (Fsp3) is 1.00. The summed E-state index contributed by atoms with van der Waals surface area (Å²) in [6, 6.07) is 0. The van der Waals surface area contributed by atoms with Gasteiger partial charge in [0.15, 0.2) is 0 Å². The molecule has 4 nitrogen and oxygen atoms in total. The molecule has 0 rings (SSSR count). The Kier molecular flexibility index (Phi) is 16.4. The second kappa shape index (κ2) is 13.1. The van der Waals surface area contributed by atoms with Gasteiger partial charge in [-0.3, -0.25) is 4.55 Å². The molecule has 0 aliphatic rings. The summed E-state index contributed by atoms with van der Waals surface area (Å²) in [5, 5.41) is 0. The number of hydrogen-bond acceptors (Lipinski definition) is 3. The molecule has 94 valence electrons. The van der Waals surface area contributed by atoms with Crippen molar-refractivity contribution < 1.29 is 17.2 Å². The van der Waals surface area contributed by atoms with E-state index in [1.54, 1.807) is 0 Å². The van der Waals surface area contributed by atoms with Gasteiger partial charge in [0.2, 0.25) is 0 Å². The standard InChI is InChI=1S/C10H22O4S.Rb.H/c1-2-3-4-5-6-7-8-9-10-14-15(11,12)13;;/h2-10H2,1H3,(H,11,12,13);;. The summed E-state index contributed by atoms with van der Waals surface area (Å²) >= 11 is 0. The minimum atomic E-state index is -4.23. The van der Waals surface area contributed by atoms with Crippen molar-refractivity contribution in [3.8, 4) is 0 Å². The maximum atomic E-state index is 10.2. The Hall–Kier alpha value is 1.68. The summed E-state index contributed by atoms with van der Waals surface area (Å²) in [6.45, 7) is 2.28. The molecule has 0 aliphatic heterocycles. The van der Waals surface area contributed by atoms with Crippen LogP contribution in [-0.2, 0) is 14.6 Å². The summed E-state index contributed by atoms with van der Waals surface area (Å²) in [4.78, 5) is 0. The Balaban J connectivity index is 0. The van der Waals surface area contributed by atoms with E-state index in [9.17, 15) is 8.42 Å². The van der Waals surface area contributed by atoms with Crippen molar-refractivity contribution in [3.05, 3.63) is 0 Å². The summed E-state index contributed by atoms with van der Waals surface area (Å²) in [5.74, 6) is 0. The van der Waals surface area contributed by atoms with Crippen LogP contribution in [0.1, 0.15) is 58.3 Å². The summed E-state index contributed by atoms with van der Waals surface area (Å²) in [6.07, 6.45) is 9.05. The first-order chi connectivity index (χ1) is 7.06. The quantitative estimate of drug-likeness (QED) is 0.495. The molecule has 16 heavy (non-hydrogen) atoms. The summed E-state index contributed by atoms with van der Waals surface area (Å²) < 4.78 is 32.8. The second-order valence-corrected chi connectivity index (χ2v) is 4.82. The van der Waals surface area contributed by atoms with Gasteiger partial charge in [-0.2, -0.15) is 8.42 Å². The van der Waals surface area contributed by atoms with Gasteiger partial charge in [-0.1, -0.05) is 51.9 Å². The Morgan fingerprint density at radius 1 is 0.938 bits per heavy atom. The van der Waals surface area contributed by atoms with Crippen molar-refractivity contribution in [3.63, 3.8) is 0 Å². The molecule has 0 aliphatic carbocycles. The van der Waals surface area contributed by atoms with Gasteiger partial charge >= 0.3 is 68.6 Å². The Morgan fingerprint density at radius 3 is 1.81 bits per heavy atom. The van der Waals surface area contributed by atoms with Crippen LogP contribution < -0.4 is 0 Å². The van der Waals surface area contributed by atoms with Crippen molar-refractivity contribution in [1.82, 2.24) is 0 Å². The molecule has 0 spiro atoms. The van der Waals surface area contributed by atoms with Crippen molar-refractivity contribution in [2.24, 2.45) is 0 Å². The molecule has 0 saturated heterocycles. The molecule has 0 amide bonds. The van der Waals surface area contributed by atoms with Crippen molar-refractivity contribution in [2.75, 3.05) is 6.61 Å². The zero-order chi connectivity index (χ0) is 11.6. The van der Waals surface area contributed by atoms with E-state index in [4.69, 9.17) is 4.55 Å². The Labute approximate surface area is 148 Å². The molecule has 1 N–H and O–H groups in total. The average Bonchev–Trinajstić information content (AvgIpc) is 2.14. The van der Waals surface area contributed by atoms with Gasteiger partial charge in [0.1, 0.15) is 0 Å².